The Morgan fingerprint density at radius 1 is 1.00 bits per heavy atom. The molecule has 1 unspecified atom stereocenters. The Balaban J connectivity index is 1.61. The molecule has 2 saturated heterocycles. The van der Waals surface area contributed by atoms with Gasteiger partial charge in [0.2, 0.25) is 0 Å². The average molecular weight is 258 g/mol. The van der Waals surface area contributed by atoms with Gasteiger partial charge in [-0.1, -0.05) is 0 Å². The number of nitrogens with zero attached hydrogens (tertiary/aromatic N) is 2. The number of morpholine rings is 1. The monoisotopic (exact) mass is 258 g/mol. The molecule has 0 radical (unpaired) electrons. The number of hydrogen-bond acceptors (Lipinski definition) is 5. The highest BCUT2D eigenvalue weighted by Gasteiger charge is 2.24. The van der Waals surface area contributed by atoms with E-state index in [-0.39, 0.29) is 12.5 Å². The second kappa shape index (κ2) is 7.40. The van der Waals surface area contributed by atoms with Gasteiger partial charge < -0.3 is 19.8 Å². The summed E-state index contributed by atoms with van der Waals surface area (Å²) in [5.74, 6) is 0.287. The van der Waals surface area contributed by atoms with Crippen LogP contribution in [0.25, 0.3) is 0 Å². The molecule has 2 aliphatic rings. The van der Waals surface area contributed by atoms with Crippen LogP contribution in [0.4, 0.5) is 0 Å². The molecule has 18 heavy (non-hydrogen) atoms. The number of aliphatic hydroxyl groups excluding tert-OH is 2. The molecule has 2 aliphatic heterocycles. The Labute approximate surface area is 109 Å². The minimum atomic E-state index is -0.522. The van der Waals surface area contributed by atoms with E-state index in [0.717, 1.165) is 65.3 Å². The molecule has 0 spiro atoms. The van der Waals surface area contributed by atoms with Gasteiger partial charge in [-0.2, -0.15) is 0 Å². The fourth-order valence-electron chi connectivity index (χ4n) is 2.82. The topological polar surface area (TPSA) is 56.2 Å². The minimum Gasteiger partial charge on any atom is -0.394 e. The van der Waals surface area contributed by atoms with Gasteiger partial charge in [-0.3, -0.25) is 4.90 Å². The van der Waals surface area contributed by atoms with Gasteiger partial charge in [0.05, 0.1) is 25.9 Å². The molecule has 2 fully saturated rings. The van der Waals surface area contributed by atoms with Gasteiger partial charge in [0, 0.05) is 26.2 Å². The fourth-order valence-corrected chi connectivity index (χ4v) is 2.82. The van der Waals surface area contributed by atoms with E-state index in [9.17, 15) is 5.11 Å². The van der Waals surface area contributed by atoms with Crippen LogP contribution < -0.4 is 0 Å². The molecular weight excluding hydrogens is 232 g/mol. The molecule has 2 N–H and O–H groups in total. The number of aliphatic hydroxyl groups is 2. The van der Waals surface area contributed by atoms with Crippen LogP contribution in [0, 0.1) is 5.92 Å². The van der Waals surface area contributed by atoms with E-state index in [1.54, 1.807) is 0 Å². The minimum absolute atomic E-state index is 0.0988. The van der Waals surface area contributed by atoms with E-state index < -0.39 is 6.10 Å². The van der Waals surface area contributed by atoms with E-state index in [1.165, 1.54) is 0 Å². The lowest BCUT2D eigenvalue weighted by Crippen LogP contribution is -2.44. The van der Waals surface area contributed by atoms with Gasteiger partial charge in [-0.15, -0.1) is 0 Å². The van der Waals surface area contributed by atoms with Crippen molar-refractivity contribution in [2.75, 3.05) is 59.1 Å². The second-order valence-corrected chi connectivity index (χ2v) is 5.38. The fraction of sp³-hybridized carbons (Fsp3) is 1.00. The summed E-state index contributed by atoms with van der Waals surface area (Å²) in [5.41, 5.74) is 0. The first-order valence-electron chi connectivity index (χ1n) is 7.11. The summed E-state index contributed by atoms with van der Waals surface area (Å²) in [5, 5.41) is 18.6. The Kier molecular flexibility index (Phi) is 5.85. The van der Waals surface area contributed by atoms with Crippen molar-refractivity contribution in [1.29, 1.82) is 0 Å². The van der Waals surface area contributed by atoms with Crippen LogP contribution >= 0.6 is 0 Å². The zero-order valence-electron chi connectivity index (χ0n) is 11.1. The van der Waals surface area contributed by atoms with Crippen molar-refractivity contribution in [1.82, 2.24) is 9.80 Å². The van der Waals surface area contributed by atoms with Crippen LogP contribution in [0.15, 0.2) is 0 Å². The molecule has 0 bridgehead atoms. The first-order valence-corrected chi connectivity index (χ1v) is 7.11. The number of hydrogen-bond donors (Lipinski definition) is 2. The highest BCUT2D eigenvalue weighted by Crippen LogP contribution is 2.20. The maximum absolute atomic E-state index is 9.61. The van der Waals surface area contributed by atoms with Gasteiger partial charge in [0.25, 0.3) is 0 Å². The van der Waals surface area contributed by atoms with Gasteiger partial charge in [-0.05, 0) is 31.8 Å². The molecule has 0 aromatic heterocycles. The quantitative estimate of drug-likeness (QED) is 0.688. The van der Waals surface area contributed by atoms with E-state index >= 15 is 0 Å². The smallest absolute Gasteiger partial charge is 0.0799 e. The molecule has 5 nitrogen and oxygen atoms in total. The summed E-state index contributed by atoms with van der Waals surface area (Å²) in [4.78, 5) is 4.92. The van der Waals surface area contributed by atoms with Crippen molar-refractivity contribution in [3.8, 4) is 0 Å². The highest BCUT2D eigenvalue weighted by molar-refractivity contribution is 4.77. The lowest BCUT2D eigenvalue weighted by molar-refractivity contribution is 0.0106. The molecular formula is C13H26N2O3. The lowest BCUT2D eigenvalue weighted by Gasteiger charge is -2.35. The van der Waals surface area contributed by atoms with E-state index in [1.807, 2.05) is 0 Å². The Morgan fingerprint density at radius 3 is 2.11 bits per heavy atom. The first kappa shape index (κ1) is 14.2. The van der Waals surface area contributed by atoms with Gasteiger partial charge in [0.1, 0.15) is 0 Å². The summed E-state index contributed by atoms with van der Waals surface area (Å²) in [6.45, 7) is 8.07. The number of piperidine rings is 1. The molecule has 0 aromatic rings. The standard InChI is InChI=1S/C13H26N2O3/c16-11-13(17)12-1-3-14(4-2-12)5-6-15-7-9-18-10-8-15/h12-13,16-17H,1-11H2. The SMILES string of the molecule is OCC(O)C1CCN(CCN2CCOCC2)CC1. The zero-order chi connectivity index (χ0) is 12.8. The molecule has 0 amide bonds. The van der Waals surface area contributed by atoms with Crippen LogP contribution in [0.5, 0.6) is 0 Å². The van der Waals surface area contributed by atoms with Crippen molar-refractivity contribution in [3.63, 3.8) is 0 Å². The highest BCUT2D eigenvalue weighted by atomic mass is 16.5. The number of likely N-dealkylation sites (tertiary alicyclic amines) is 1. The van der Waals surface area contributed by atoms with Gasteiger partial charge in [0.15, 0.2) is 0 Å². The normalized spacial score (nSPS) is 26.3. The number of ether oxygens (including phenoxy) is 1. The van der Waals surface area contributed by atoms with Crippen LogP contribution in [-0.4, -0.2) is 85.2 Å². The summed E-state index contributed by atoms with van der Waals surface area (Å²) in [7, 11) is 0. The Bertz CT molecular complexity index is 226. The molecule has 2 rings (SSSR count). The second-order valence-electron chi connectivity index (χ2n) is 5.38. The Hall–Kier alpha value is -0.200. The van der Waals surface area contributed by atoms with Gasteiger partial charge in [-0.25, -0.2) is 0 Å². The molecule has 2 heterocycles. The largest absolute Gasteiger partial charge is 0.394 e. The molecule has 0 aliphatic carbocycles. The maximum Gasteiger partial charge on any atom is 0.0799 e. The third kappa shape index (κ3) is 4.17. The van der Waals surface area contributed by atoms with Crippen molar-refractivity contribution in [2.24, 2.45) is 5.92 Å². The van der Waals surface area contributed by atoms with Crippen molar-refractivity contribution in [2.45, 2.75) is 18.9 Å². The number of rotatable bonds is 5. The maximum atomic E-state index is 9.61. The van der Waals surface area contributed by atoms with Crippen molar-refractivity contribution >= 4 is 0 Å². The molecule has 106 valence electrons. The first-order chi connectivity index (χ1) is 8.79. The lowest BCUT2D eigenvalue weighted by atomic mass is 9.91. The van der Waals surface area contributed by atoms with E-state index in [0.29, 0.717) is 0 Å². The third-order valence-corrected chi connectivity index (χ3v) is 4.20. The molecule has 5 heteroatoms. The van der Waals surface area contributed by atoms with Gasteiger partial charge >= 0.3 is 0 Å². The van der Waals surface area contributed by atoms with Crippen molar-refractivity contribution < 1.29 is 14.9 Å². The van der Waals surface area contributed by atoms with Crippen LogP contribution in [0.1, 0.15) is 12.8 Å². The molecule has 0 aromatic carbocycles. The predicted molar refractivity (Wildman–Crippen MR) is 69.5 cm³/mol. The summed E-state index contributed by atoms with van der Waals surface area (Å²) in [6, 6.07) is 0. The predicted octanol–water partition coefficient (Wildman–Crippen LogP) is -0.616. The molecule has 0 saturated carbocycles. The zero-order valence-corrected chi connectivity index (χ0v) is 11.1. The van der Waals surface area contributed by atoms with E-state index in [2.05, 4.69) is 9.80 Å². The van der Waals surface area contributed by atoms with Crippen molar-refractivity contribution in [3.05, 3.63) is 0 Å². The summed E-state index contributed by atoms with van der Waals surface area (Å²) < 4.78 is 5.34. The average Bonchev–Trinajstić information content (AvgIpc) is 2.46. The summed E-state index contributed by atoms with van der Waals surface area (Å²) >= 11 is 0. The molecule has 1 atom stereocenters. The van der Waals surface area contributed by atoms with Crippen LogP contribution in [-0.2, 0) is 4.74 Å². The Morgan fingerprint density at radius 2 is 1.56 bits per heavy atom. The van der Waals surface area contributed by atoms with Crippen LogP contribution in [0.2, 0.25) is 0 Å². The van der Waals surface area contributed by atoms with E-state index in [4.69, 9.17) is 9.84 Å². The summed E-state index contributed by atoms with van der Waals surface area (Å²) in [6.07, 6.45) is 1.49. The third-order valence-electron chi connectivity index (χ3n) is 4.20. The van der Waals surface area contributed by atoms with Crippen LogP contribution in [0.3, 0.4) is 0 Å².